The number of rotatable bonds is 10. The van der Waals surface area contributed by atoms with Crippen LogP contribution in [0.1, 0.15) is 25.0 Å². The van der Waals surface area contributed by atoms with Crippen molar-refractivity contribution in [2.24, 2.45) is 0 Å². The summed E-state index contributed by atoms with van der Waals surface area (Å²) in [6, 6.07) is 7.72. The van der Waals surface area contributed by atoms with Gasteiger partial charge in [-0.15, -0.1) is 0 Å². The number of nitrogens with one attached hydrogen (secondary N) is 2. The van der Waals surface area contributed by atoms with E-state index in [9.17, 15) is 9.59 Å². The van der Waals surface area contributed by atoms with E-state index in [1.165, 1.54) is 6.08 Å². The maximum atomic E-state index is 12.2. The maximum absolute atomic E-state index is 12.2. The van der Waals surface area contributed by atoms with Gasteiger partial charge in [0.2, 0.25) is 0 Å². The Morgan fingerprint density at radius 2 is 1.57 bits per heavy atom. The summed E-state index contributed by atoms with van der Waals surface area (Å²) in [5, 5.41) is 5.77. The molecule has 0 aliphatic rings. The average Bonchev–Trinajstić information content (AvgIpc) is 2.72. The van der Waals surface area contributed by atoms with E-state index in [2.05, 4.69) is 23.8 Å². The van der Waals surface area contributed by atoms with Crippen LogP contribution in [0.25, 0.3) is 0 Å². The first-order valence-corrected chi connectivity index (χ1v) is 9.10. The van der Waals surface area contributed by atoms with Gasteiger partial charge in [-0.2, -0.15) is 0 Å². The molecule has 0 fully saturated rings. The Hall–Kier alpha value is -3.40. The molecule has 0 unspecified atom stereocenters. The van der Waals surface area contributed by atoms with E-state index in [0.717, 1.165) is 11.1 Å². The molecule has 1 rings (SSSR count). The van der Waals surface area contributed by atoms with Crippen molar-refractivity contribution in [3.05, 3.63) is 108 Å². The number of carbonyl (C=O) groups excluding carboxylic acids is 2. The van der Waals surface area contributed by atoms with Gasteiger partial charge in [-0.1, -0.05) is 73.9 Å². The molecule has 0 aliphatic carbocycles. The molecule has 0 atom stereocenters. The van der Waals surface area contributed by atoms with Crippen LogP contribution < -0.4 is 10.6 Å². The highest BCUT2D eigenvalue weighted by Gasteiger charge is 2.07. The fourth-order valence-electron chi connectivity index (χ4n) is 2.33. The normalized spacial score (nSPS) is 12.2. The lowest BCUT2D eigenvalue weighted by Crippen LogP contribution is -2.25. The maximum Gasteiger partial charge on any atom is 0.251 e. The summed E-state index contributed by atoms with van der Waals surface area (Å²) in [7, 11) is 0. The third kappa shape index (κ3) is 7.87. The average molecular weight is 377 g/mol. The van der Waals surface area contributed by atoms with Gasteiger partial charge in [0.25, 0.3) is 11.8 Å². The second kappa shape index (κ2) is 12.9. The molecule has 4 nitrogen and oxygen atoms in total. The van der Waals surface area contributed by atoms with E-state index in [1.54, 1.807) is 36.5 Å². The summed E-state index contributed by atoms with van der Waals surface area (Å²) >= 11 is 0. The molecule has 1 aromatic carbocycles. The van der Waals surface area contributed by atoms with Crippen LogP contribution in [-0.2, 0) is 22.7 Å². The van der Waals surface area contributed by atoms with Crippen molar-refractivity contribution >= 4 is 11.8 Å². The second-order valence-corrected chi connectivity index (χ2v) is 5.88. The SMILES string of the molecule is C=C/C=C\C(=C/C)C(=O)NCc1cccc(CNC(=O)/C(C=C)=C/C=C\C)c1. The van der Waals surface area contributed by atoms with Crippen LogP contribution in [0.4, 0.5) is 0 Å². The molecule has 0 saturated carbocycles. The summed E-state index contributed by atoms with van der Waals surface area (Å²) in [6.45, 7) is 11.8. The molecule has 0 spiro atoms. The standard InChI is InChI=1S/C24H28N2O2/c1-5-9-14-21(7-3)23(27)25-17-19-12-11-13-20(16-19)18-26-24(28)22(8-4)15-10-6-2/h5-16H,1,4,17-18H2,2-3H3,(H,25,27)(H,26,28)/b10-6-,14-9-,21-7+,22-15+. The highest BCUT2D eigenvalue weighted by Crippen LogP contribution is 2.07. The first-order valence-electron chi connectivity index (χ1n) is 9.10. The zero-order chi connectivity index (χ0) is 20.8. The zero-order valence-corrected chi connectivity index (χ0v) is 16.6. The van der Waals surface area contributed by atoms with E-state index in [0.29, 0.717) is 24.2 Å². The highest BCUT2D eigenvalue weighted by molar-refractivity contribution is 5.96. The second-order valence-electron chi connectivity index (χ2n) is 5.88. The van der Waals surface area contributed by atoms with Crippen LogP contribution >= 0.6 is 0 Å². The first-order chi connectivity index (χ1) is 13.5. The van der Waals surface area contributed by atoms with Crippen LogP contribution in [0, 0.1) is 0 Å². The quantitative estimate of drug-likeness (QED) is 0.473. The van der Waals surface area contributed by atoms with Crippen LogP contribution in [0.15, 0.2) is 97.2 Å². The number of amides is 2. The largest absolute Gasteiger partial charge is 0.348 e. The molecule has 146 valence electrons. The molecule has 0 bridgehead atoms. The number of benzene rings is 1. The molecular formula is C24H28N2O2. The molecule has 0 aromatic heterocycles. The van der Waals surface area contributed by atoms with E-state index in [1.807, 2.05) is 44.2 Å². The van der Waals surface area contributed by atoms with Crippen molar-refractivity contribution in [1.29, 1.82) is 0 Å². The van der Waals surface area contributed by atoms with Crippen molar-refractivity contribution in [3.63, 3.8) is 0 Å². The molecule has 2 N–H and O–H groups in total. The highest BCUT2D eigenvalue weighted by atomic mass is 16.2. The minimum atomic E-state index is -0.182. The van der Waals surface area contributed by atoms with Crippen LogP contribution in [0.2, 0.25) is 0 Å². The van der Waals surface area contributed by atoms with Gasteiger partial charge in [0.15, 0.2) is 0 Å². The number of hydrogen-bond donors (Lipinski definition) is 2. The smallest absolute Gasteiger partial charge is 0.251 e. The fourth-order valence-corrected chi connectivity index (χ4v) is 2.33. The lowest BCUT2D eigenvalue weighted by atomic mass is 10.1. The predicted molar refractivity (Wildman–Crippen MR) is 116 cm³/mol. The van der Waals surface area contributed by atoms with Gasteiger partial charge in [0, 0.05) is 24.2 Å². The molecule has 0 aliphatic heterocycles. The fraction of sp³-hybridized carbons (Fsp3) is 0.167. The lowest BCUT2D eigenvalue weighted by molar-refractivity contribution is -0.118. The topological polar surface area (TPSA) is 58.2 Å². The Morgan fingerprint density at radius 3 is 2.07 bits per heavy atom. The van der Waals surface area contributed by atoms with Gasteiger partial charge in [-0.25, -0.2) is 0 Å². The third-order valence-corrected chi connectivity index (χ3v) is 3.83. The zero-order valence-electron chi connectivity index (χ0n) is 16.6. The van der Waals surface area contributed by atoms with Gasteiger partial charge in [0.1, 0.15) is 0 Å². The van der Waals surface area contributed by atoms with Gasteiger partial charge < -0.3 is 10.6 Å². The molecule has 0 heterocycles. The Balaban J connectivity index is 2.68. The summed E-state index contributed by atoms with van der Waals surface area (Å²) in [5.41, 5.74) is 2.99. The Morgan fingerprint density at radius 1 is 0.964 bits per heavy atom. The Labute approximate surface area is 167 Å². The molecule has 0 radical (unpaired) electrons. The minimum absolute atomic E-state index is 0.149. The minimum Gasteiger partial charge on any atom is -0.348 e. The monoisotopic (exact) mass is 376 g/mol. The third-order valence-electron chi connectivity index (χ3n) is 3.83. The summed E-state index contributed by atoms with van der Waals surface area (Å²) in [4.78, 5) is 24.4. The van der Waals surface area contributed by atoms with E-state index in [-0.39, 0.29) is 11.8 Å². The van der Waals surface area contributed by atoms with Crippen LogP contribution in [0.5, 0.6) is 0 Å². The van der Waals surface area contributed by atoms with Gasteiger partial charge >= 0.3 is 0 Å². The van der Waals surface area contributed by atoms with E-state index in [4.69, 9.17) is 0 Å². The molecular weight excluding hydrogens is 348 g/mol. The molecule has 1 aromatic rings. The lowest BCUT2D eigenvalue weighted by Gasteiger charge is -2.09. The number of carbonyl (C=O) groups is 2. The van der Waals surface area contributed by atoms with Crippen molar-refractivity contribution in [3.8, 4) is 0 Å². The molecule has 4 heteroatoms. The summed E-state index contributed by atoms with van der Waals surface area (Å²) in [5.74, 6) is -0.331. The first kappa shape index (κ1) is 22.6. The van der Waals surface area contributed by atoms with Crippen LogP contribution in [-0.4, -0.2) is 11.8 Å². The van der Waals surface area contributed by atoms with Crippen molar-refractivity contribution < 1.29 is 9.59 Å². The van der Waals surface area contributed by atoms with Gasteiger partial charge in [-0.3, -0.25) is 9.59 Å². The van der Waals surface area contributed by atoms with Gasteiger partial charge in [-0.05, 0) is 37.1 Å². The molecule has 2 amide bonds. The Bertz CT molecular complexity index is 827. The molecule has 28 heavy (non-hydrogen) atoms. The van der Waals surface area contributed by atoms with Crippen molar-refractivity contribution in [2.45, 2.75) is 26.9 Å². The van der Waals surface area contributed by atoms with E-state index < -0.39 is 0 Å². The summed E-state index contributed by atoms with van der Waals surface area (Å²) in [6.07, 6.45) is 13.7. The van der Waals surface area contributed by atoms with E-state index >= 15 is 0 Å². The Kier molecular flexibility index (Phi) is 10.4. The van der Waals surface area contributed by atoms with Crippen molar-refractivity contribution in [1.82, 2.24) is 10.6 Å². The van der Waals surface area contributed by atoms with Crippen molar-refractivity contribution in [2.75, 3.05) is 0 Å². The summed E-state index contributed by atoms with van der Waals surface area (Å²) < 4.78 is 0. The van der Waals surface area contributed by atoms with Gasteiger partial charge in [0.05, 0.1) is 0 Å². The predicted octanol–water partition coefficient (Wildman–Crippen LogP) is 4.30. The number of allylic oxidation sites excluding steroid dienone is 6. The molecule has 0 saturated heterocycles. The number of hydrogen-bond acceptors (Lipinski definition) is 2. The van der Waals surface area contributed by atoms with Crippen LogP contribution in [0.3, 0.4) is 0 Å².